The van der Waals surface area contributed by atoms with Crippen LogP contribution in [0.2, 0.25) is 0 Å². The maximum atomic E-state index is 10.2. The van der Waals surface area contributed by atoms with Gasteiger partial charge in [0.15, 0.2) is 18.2 Å². The fraction of sp³-hybridized carbons (Fsp3) is 1.00. The van der Waals surface area contributed by atoms with E-state index < -0.39 is 24.0 Å². The van der Waals surface area contributed by atoms with E-state index in [1.54, 1.807) is 0 Å². The summed E-state index contributed by atoms with van der Waals surface area (Å²) in [6.45, 7) is 6.22. The van der Waals surface area contributed by atoms with Crippen LogP contribution < -0.4 is 0 Å². The molecule has 1 N–H and O–H groups in total. The lowest BCUT2D eigenvalue weighted by Gasteiger charge is -2.59. The summed E-state index contributed by atoms with van der Waals surface area (Å²) < 4.78 is 11.9. The largest absolute Gasteiger partial charge is 0.368 e. The van der Waals surface area contributed by atoms with Crippen molar-refractivity contribution < 1.29 is 24.4 Å². The van der Waals surface area contributed by atoms with Gasteiger partial charge in [-0.25, -0.2) is 9.78 Å². The fourth-order valence-corrected chi connectivity index (χ4v) is 4.89. The van der Waals surface area contributed by atoms with E-state index >= 15 is 0 Å². The molecule has 1 spiro atoms. The molecule has 5 rings (SSSR count). The van der Waals surface area contributed by atoms with Crippen LogP contribution in [0.15, 0.2) is 0 Å². The lowest BCUT2D eigenvalue weighted by Crippen LogP contribution is -2.70. The highest BCUT2D eigenvalue weighted by Crippen LogP contribution is 2.60. The molecule has 1 saturated carbocycles. The van der Waals surface area contributed by atoms with Crippen molar-refractivity contribution >= 4 is 0 Å². The van der Waals surface area contributed by atoms with Crippen LogP contribution in [0.5, 0.6) is 0 Å². The van der Waals surface area contributed by atoms with Gasteiger partial charge in [-0.2, -0.15) is 0 Å². The fourth-order valence-electron chi connectivity index (χ4n) is 4.89. The van der Waals surface area contributed by atoms with E-state index in [2.05, 4.69) is 6.92 Å². The Kier molecular flexibility index (Phi) is 2.81. The summed E-state index contributed by atoms with van der Waals surface area (Å²) in [6.07, 6.45) is 2.72. The highest BCUT2D eigenvalue weighted by atomic mass is 17.3. The van der Waals surface area contributed by atoms with Crippen LogP contribution in [0, 0.1) is 23.7 Å². The molecule has 0 aromatic rings. The number of aliphatic hydroxyl groups excluding tert-OH is 1. The Hall–Kier alpha value is -0.200. The lowest BCUT2D eigenvalue weighted by atomic mass is 9.58. The molecule has 8 atom stereocenters. The predicted octanol–water partition coefficient (Wildman–Crippen LogP) is 2.19. The van der Waals surface area contributed by atoms with Gasteiger partial charge in [-0.3, -0.25) is 0 Å². The van der Waals surface area contributed by atoms with Gasteiger partial charge >= 0.3 is 0 Å². The molecular weight excluding hydrogens is 260 g/mol. The van der Waals surface area contributed by atoms with Crippen LogP contribution in [0.25, 0.3) is 0 Å². The van der Waals surface area contributed by atoms with Crippen molar-refractivity contribution in [1.82, 2.24) is 0 Å². The molecule has 2 bridgehead atoms. The number of hydrogen-bond donors (Lipinski definition) is 1. The van der Waals surface area contributed by atoms with Crippen molar-refractivity contribution in [2.45, 2.75) is 70.4 Å². The molecule has 20 heavy (non-hydrogen) atoms. The Morgan fingerprint density at radius 1 is 1.05 bits per heavy atom. The molecule has 5 aliphatic rings. The van der Waals surface area contributed by atoms with Crippen LogP contribution in [0.4, 0.5) is 0 Å². The van der Waals surface area contributed by atoms with Crippen molar-refractivity contribution in [1.29, 1.82) is 0 Å². The average Bonchev–Trinajstić information content (AvgIpc) is 2.63. The zero-order valence-corrected chi connectivity index (χ0v) is 12.4. The first kappa shape index (κ1) is 13.5. The molecule has 5 heteroatoms. The molecule has 0 radical (unpaired) electrons. The Morgan fingerprint density at radius 2 is 1.85 bits per heavy atom. The maximum absolute atomic E-state index is 10.2. The first-order valence-corrected chi connectivity index (χ1v) is 7.84. The number of ether oxygens (including phenoxy) is 2. The maximum Gasteiger partial charge on any atom is 0.201 e. The second-order valence-electron chi connectivity index (χ2n) is 7.30. The normalized spacial score (nSPS) is 61.8. The van der Waals surface area contributed by atoms with E-state index in [0.717, 1.165) is 19.3 Å². The Balaban J connectivity index is 1.82. The summed E-state index contributed by atoms with van der Waals surface area (Å²) in [4.78, 5) is 11.6. The van der Waals surface area contributed by atoms with Gasteiger partial charge in [-0.1, -0.05) is 13.8 Å². The van der Waals surface area contributed by atoms with E-state index in [-0.39, 0.29) is 11.8 Å². The third-order valence-electron chi connectivity index (χ3n) is 6.12. The first-order valence-electron chi connectivity index (χ1n) is 7.84. The van der Waals surface area contributed by atoms with Crippen molar-refractivity contribution in [2.24, 2.45) is 23.7 Å². The molecule has 5 fully saturated rings. The number of rotatable bonds is 0. The van der Waals surface area contributed by atoms with Crippen molar-refractivity contribution in [3.05, 3.63) is 0 Å². The van der Waals surface area contributed by atoms with Gasteiger partial charge in [-0.15, -0.1) is 0 Å². The first-order chi connectivity index (χ1) is 9.46. The molecule has 4 aliphatic heterocycles. The summed E-state index contributed by atoms with van der Waals surface area (Å²) in [5.41, 5.74) is -0.549. The molecule has 0 amide bonds. The second kappa shape index (κ2) is 4.17. The molecular formula is C15H24O5. The van der Waals surface area contributed by atoms with Gasteiger partial charge < -0.3 is 14.6 Å². The Morgan fingerprint density at radius 3 is 2.65 bits per heavy atom. The monoisotopic (exact) mass is 284 g/mol. The molecule has 4 heterocycles. The van der Waals surface area contributed by atoms with E-state index in [9.17, 15) is 5.11 Å². The summed E-state index contributed by atoms with van der Waals surface area (Å²) in [5, 5.41) is 10.2. The number of hydrogen-bond acceptors (Lipinski definition) is 5. The van der Waals surface area contributed by atoms with Crippen molar-refractivity contribution in [3.8, 4) is 0 Å². The highest BCUT2D eigenvalue weighted by molar-refractivity contribution is 5.08. The van der Waals surface area contributed by atoms with Crippen LogP contribution in [0.1, 0.15) is 46.5 Å². The molecule has 3 unspecified atom stereocenters. The van der Waals surface area contributed by atoms with Gasteiger partial charge in [0.2, 0.25) is 5.79 Å². The van der Waals surface area contributed by atoms with E-state index in [1.165, 1.54) is 6.42 Å². The van der Waals surface area contributed by atoms with Crippen molar-refractivity contribution in [3.63, 3.8) is 0 Å². The summed E-state index contributed by atoms with van der Waals surface area (Å²) in [7, 11) is 0. The third kappa shape index (κ3) is 1.56. The van der Waals surface area contributed by atoms with Gasteiger partial charge in [0, 0.05) is 18.3 Å². The highest BCUT2D eigenvalue weighted by Gasteiger charge is 2.69. The lowest BCUT2D eigenvalue weighted by molar-refractivity contribution is -0.576. The van der Waals surface area contributed by atoms with E-state index in [1.807, 2.05) is 13.8 Å². The number of aliphatic hydroxyl groups is 1. The third-order valence-corrected chi connectivity index (χ3v) is 6.12. The minimum atomic E-state index is -0.781. The topological polar surface area (TPSA) is 57.2 Å². The molecule has 0 aromatic heterocycles. The minimum absolute atomic E-state index is 0.0379. The van der Waals surface area contributed by atoms with Gasteiger partial charge in [0.25, 0.3) is 0 Å². The standard InChI is InChI=1S/C15H24O5/c1-8-4-5-11-9(2)12(16)17-13-15(11)10(8)6-7-14(3,18-13)19-20-15/h8-13,16H,4-7H2,1-3H3/t8?,9-,10+,11?,12-,13?,14-,15-/m1/s1. The SMILES string of the molecule is CC1CCC2[C@@H](C)[C@H](O)OC3O[C@@]4(C)CC[C@@H]1[C@]32OO4. The smallest absolute Gasteiger partial charge is 0.201 e. The molecule has 0 aromatic carbocycles. The van der Waals surface area contributed by atoms with E-state index in [4.69, 9.17) is 19.2 Å². The van der Waals surface area contributed by atoms with Gasteiger partial charge in [-0.05, 0) is 38.0 Å². The van der Waals surface area contributed by atoms with E-state index in [0.29, 0.717) is 11.8 Å². The average molecular weight is 284 g/mol. The summed E-state index contributed by atoms with van der Waals surface area (Å²) >= 11 is 0. The Bertz CT molecular complexity index is 411. The van der Waals surface area contributed by atoms with Gasteiger partial charge in [0.05, 0.1) is 0 Å². The van der Waals surface area contributed by atoms with Crippen LogP contribution in [0.3, 0.4) is 0 Å². The van der Waals surface area contributed by atoms with Crippen LogP contribution in [-0.2, 0) is 19.2 Å². The number of fused-ring (bicyclic) bond motifs is 2. The quantitative estimate of drug-likeness (QED) is 0.691. The van der Waals surface area contributed by atoms with Crippen molar-refractivity contribution in [2.75, 3.05) is 0 Å². The molecule has 114 valence electrons. The summed E-state index contributed by atoms with van der Waals surface area (Å²) in [6, 6.07) is 0. The second-order valence-corrected chi connectivity index (χ2v) is 7.30. The van der Waals surface area contributed by atoms with Gasteiger partial charge in [0.1, 0.15) is 0 Å². The van der Waals surface area contributed by atoms with Crippen LogP contribution in [-0.4, -0.2) is 29.1 Å². The Labute approximate surface area is 119 Å². The predicted molar refractivity (Wildman–Crippen MR) is 69.0 cm³/mol. The molecule has 4 saturated heterocycles. The zero-order valence-electron chi connectivity index (χ0n) is 12.4. The zero-order chi connectivity index (χ0) is 14.1. The minimum Gasteiger partial charge on any atom is -0.368 e. The molecule has 5 nitrogen and oxygen atoms in total. The molecule has 1 aliphatic carbocycles. The summed E-state index contributed by atoms with van der Waals surface area (Å²) in [5.74, 6) is 0.437. The van der Waals surface area contributed by atoms with Crippen LogP contribution >= 0.6 is 0 Å².